The molecule has 186 valence electrons. The van der Waals surface area contributed by atoms with Gasteiger partial charge in [0.1, 0.15) is 0 Å². The predicted octanol–water partition coefficient (Wildman–Crippen LogP) is 6.23. The monoisotopic (exact) mass is 517 g/mol. The van der Waals surface area contributed by atoms with Crippen molar-refractivity contribution in [3.05, 3.63) is 100 Å². The number of para-hydroxylation sites is 1. The molecule has 1 saturated heterocycles. The minimum Gasteiger partial charge on any atom is -0.312 e. The Morgan fingerprint density at radius 2 is 1.58 bits per heavy atom. The summed E-state index contributed by atoms with van der Waals surface area (Å²) < 4.78 is 30.2. The Kier molecular flexibility index (Phi) is 7.23. The summed E-state index contributed by atoms with van der Waals surface area (Å²) in [6.45, 7) is 6.14. The largest absolute Gasteiger partial charge is 0.312 e. The van der Waals surface area contributed by atoms with Gasteiger partial charge in [0.2, 0.25) is 10.0 Å². The number of aryl methyl sites for hydroxylation is 1. The van der Waals surface area contributed by atoms with Crippen molar-refractivity contribution in [2.75, 3.05) is 13.1 Å². The number of rotatable bonds is 6. The van der Waals surface area contributed by atoms with Crippen LogP contribution < -0.4 is 4.80 Å². The Labute approximate surface area is 217 Å². The first kappa shape index (κ1) is 24.7. The van der Waals surface area contributed by atoms with Crippen LogP contribution in [-0.4, -0.2) is 30.4 Å². The van der Waals surface area contributed by atoms with Gasteiger partial charge in [0.15, 0.2) is 4.80 Å². The van der Waals surface area contributed by atoms with E-state index in [4.69, 9.17) is 4.99 Å². The summed E-state index contributed by atoms with van der Waals surface area (Å²) in [5.74, 6) is 0.580. The highest BCUT2D eigenvalue weighted by molar-refractivity contribution is 7.89. The molecule has 1 aromatic heterocycles. The molecular weight excluding hydrogens is 486 g/mol. The van der Waals surface area contributed by atoms with Gasteiger partial charge in [0.05, 0.1) is 22.8 Å². The second-order valence-electron chi connectivity index (χ2n) is 9.53. The molecule has 36 heavy (non-hydrogen) atoms. The molecule has 5 nitrogen and oxygen atoms in total. The molecule has 0 saturated carbocycles. The molecule has 1 fully saturated rings. The fourth-order valence-corrected chi connectivity index (χ4v) is 6.86. The molecule has 5 rings (SSSR count). The molecule has 4 aromatic rings. The Bertz CT molecular complexity index is 1480. The fourth-order valence-electron chi connectivity index (χ4n) is 4.46. The first-order valence-corrected chi connectivity index (χ1v) is 14.7. The maximum atomic E-state index is 13.2. The van der Waals surface area contributed by atoms with E-state index in [2.05, 4.69) is 48.1 Å². The molecular formula is C29H31N3O2S2. The molecule has 0 bridgehead atoms. The van der Waals surface area contributed by atoms with Crippen molar-refractivity contribution in [1.82, 2.24) is 8.87 Å². The first-order valence-electron chi connectivity index (χ1n) is 12.3. The second-order valence-corrected chi connectivity index (χ2v) is 12.3. The summed E-state index contributed by atoms with van der Waals surface area (Å²) in [5.41, 5.74) is 5.31. The van der Waals surface area contributed by atoms with E-state index >= 15 is 0 Å². The number of hydrogen-bond donors (Lipinski definition) is 0. The number of benzene rings is 3. The average Bonchev–Trinajstić information content (AvgIpc) is 3.28. The molecule has 0 spiro atoms. The number of piperidine rings is 1. The molecule has 1 aliphatic heterocycles. The normalized spacial score (nSPS) is 15.9. The lowest BCUT2D eigenvalue weighted by Crippen LogP contribution is -2.37. The van der Waals surface area contributed by atoms with E-state index in [1.54, 1.807) is 27.8 Å². The van der Waals surface area contributed by atoms with Crippen LogP contribution in [0.5, 0.6) is 0 Å². The van der Waals surface area contributed by atoms with Crippen LogP contribution in [0.2, 0.25) is 0 Å². The van der Waals surface area contributed by atoms with Crippen molar-refractivity contribution >= 4 is 27.0 Å². The SMILES string of the molecule is Cc1ccc(Cn2c(-c3ccc(S(=O)(=O)N4CCC(C)CC4)cc3)csc2=Nc2ccccc2)cc1. The van der Waals surface area contributed by atoms with E-state index in [9.17, 15) is 8.42 Å². The number of thiazole rings is 1. The molecule has 2 heterocycles. The standard InChI is InChI=1S/C29H31N3O2S2/c1-22-8-10-24(11-9-22)20-32-28(21-35-29(32)30-26-6-4-3-5-7-26)25-12-14-27(15-13-25)36(33,34)31-18-16-23(2)17-19-31/h3-15,21,23H,16-20H2,1-2H3. The van der Waals surface area contributed by atoms with Crippen molar-refractivity contribution in [3.63, 3.8) is 0 Å². The Morgan fingerprint density at radius 3 is 2.25 bits per heavy atom. The molecule has 0 aliphatic carbocycles. The molecule has 1 aliphatic rings. The van der Waals surface area contributed by atoms with Crippen LogP contribution in [0.3, 0.4) is 0 Å². The highest BCUT2D eigenvalue weighted by Crippen LogP contribution is 2.27. The number of nitrogens with zero attached hydrogens (tertiary/aromatic N) is 3. The van der Waals surface area contributed by atoms with Crippen molar-refractivity contribution < 1.29 is 8.42 Å². The molecule has 0 atom stereocenters. The van der Waals surface area contributed by atoms with E-state index in [-0.39, 0.29) is 0 Å². The van der Waals surface area contributed by atoms with Crippen LogP contribution in [0.1, 0.15) is 30.9 Å². The maximum Gasteiger partial charge on any atom is 0.243 e. The highest BCUT2D eigenvalue weighted by atomic mass is 32.2. The quantitative estimate of drug-likeness (QED) is 0.305. The summed E-state index contributed by atoms with van der Waals surface area (Å²) in [6, 6.07) is 25.8. The summed E-state index contributed by atoms with van der Waals surface area (Å²) in [5, 5.41) is 2.10. The third-order valence-corrected chi connectivity index (χ3v) is 9.55. The predicted molar refractivity (Wildman–Crippen MR) is 147 cm³/mol. The lowest BCUT2D eigenvalue weighted by molar-refractivity contribution is 0.288. The molecule has 0 unspecified atom stereocenters. The van der Waals surface area contributed by atoms with Crippen molar-refractivity contribution in [2.24, 2.45) is 10.9 Å². The molecule has 3 aromatic carbocycles. The van der Waals surface area contributed by atoms with Crippen LogP contribution >= 0.6 is 11.3 Å². The van der Waals surface area contributed by atoms with Gasteiger partial charge in [-0.15, -0.1) is 11.3 Å². The smallest absolute Gasteiger partial charge is 0.243 e. The van der Waals surface area contributed by atoms with E-state index in [1.165, 1.54) is 11.1 Å². The van der Waals surface area contributed by atoms with Gasteiger partial charge in [-0.3, -0.25) is 0 Å². The second kappa shape index (κ2) is 10.5. The lowest BCUT2D eigenvalue weighted by Gasteiger charge is -2.29. The fraction of sp³-hybridized carbons (Fsp3) is 0.276. The van der Waals surface area contributed by atoms with Gasteiger partial charge < -0.3 is 4.57 Å². The zero-order valence-electron chi connectivity index (χ0n) is 20.7. The van der Waals surface area contributed by atoms with Gasteiger partial charge >= 0.3 is 0 Å². The van der Waals surface area contributed by atoms with Crippen LogP contribution in [0.4, 0.5) is 5.69 Å². The maximum absolute atomic E-state index is 13.2. The Morgan fingerprint density at radius 1 is 0.917 bits per heavy atom. The van der Waals surface area contributed by atoms with Crippen molar-refractivity contribution in [1.29, 1.82) is 0 Å². The minimum absolute atomic E-state index is 0.357. The van der Waals surface area contributed by atoms with E-state index in [1.807, 2.05) is 42.5 Å². The molecule has 0 amide bonds. The van der Waals surface area contributed by atoms with E-state index < -0.39 is 10.0 Å². The number of sulfonamides is 1. The number of hydrogen-bond acceptors (Lipinski definition) is 4. The van der Waals surface area contributed by atoms with Crippen LogP contribution in [-0.2, 0) is 16.6 Å². The minimum atomic E-state index is -3.47. The van der Waals surface area contributed by atoms with Crippen LogP contribution in [0.15, 0.2) is 94.1 Å². The van der Waals surface area contributed by atoms with E-state index in [0.717, 1.165) is 34.6 Å². The number of aromatic nitrogens is 1. The van der Waals surface area contributed by atoms with Crippen molar-refractivity contribution in [2.45, 2.75) is 38.1 Å². The van der Waals surface area contributed by atoms with Crippen LogP contribution in [0.25, 0.3) is 11.3 Å². The summed E-state index contributed by atoms with van der Waals surface area (Å²) >= 11 is 1.59. The Hall–Kier alpha value is -3.00. The molecule has 0 N–H and O–H groups in total. The summed E-state index contributed by atoms with van der Waals surface area (Å²) in [6.07, 6.45) is 1.83. The zero-order valence-corrected chi connectivity index (χ0v) is 22.3. The zero-order chi connectivity index (χ0) is 25.1. The third-order valence-electron chi connectivity index (χ3n) is 6.77. The van der Waals surface area contributed by atoms with Gasteiger partial charge in [0, 0.05) is 18.5 Å². The van der Waals surface area contributed by atoms with Gasteiger partial charge in [0.25, 0.3) is 0 Å². The highest BCUT2D eigenvalue weighted by Gasteiger charge is 2.28. The van der Waals surface area contributed by atoms with Crippen LogP contribution in [0, 0.1) is 12.8 Å². The summed E-state index contributed by atoms with van der Waals surface area (Å²) in [4.78, 5) is 6.16. The van der Waals surface area contributed by atoms with Gasteiger partial charge in [-0.2, -0.15) is 4.31 Å². The lowest BCUT2D eigenvalue weighted by atomic mass is 10.0. The molecule has 7 heteroatoms. The average molecular weight is 518 g/mol. The Balaban J connectivity index is 1.50. The molecule has 0 radical (unpaired) electrons. The third kappa shape index (κ3) is 5.38. The van der Waals surface area contributed by atoms with Crippen molar-refractivity contribution in [3.8, 4) is 11.3 Å². The van der Waals surface area contributed by atoms with Gasteiger partial charge in [-0.05, 0) is 61.1 Å². The summed E-state index contributed by atoms with van der Waals surface area (Å²) in [7, 11) is -3.47. The van der Waals surface area contributed by atoms with E-state index in [0.29, 0.717) is 30.4 Å². The first-order chi connectivity index (χ1) is 17.4. The van der Waals surface area contributed by atoms with Gasteiger partial charge in [-0.25, -0.2) is 13.4 Å². The van der Waals surface area contributed by atoms with Gasteiger partial charge in [-0.1, -0.05) is 67.1 Å². The topological polar surface area (TPSA) is 54.7 Å².